The van der Waals surface area contributed by atoms with Gasteiger partial charge in [0.25, 0.3) is 12.0 Å². The Balaban J connectivity index is 3.03. The number of hydrogen-bond acceptors (Lipinski definition) is 4. The summed E-state index contributed by atoms with van der Waals surface area (Å²) < 4.78 is 27.4. The van der Waals surface area contributed by atoms with Gasteiger partial charge in [-0.3, -0.25) is 14.3 Å². The highest BCUT2D eigenvalue weighted by molar-refractivity contribution is 5.95. The highest BCUT2D eigenvalue weighted by Crippen LogP contribution is 2.27. The molecule has 112 valence electrons. The number of carboxylic acids is 1. The fourth-order valence-corrected chi connectivity index (χ4v) is 2.09. The minimum Gasteiger partial charge on any atom is -0.478 e. The molecular weight excluding hydrogens is 288 g/mol. The number of nitrogens with zero attached hydrogens (tertiary/aromatic N) is 2. The number of hydrogen-bond donors (Lipinski definition) is 2. The zero-order chi connectivity index (χ0) is 15.7. The number of aromatic amines is 1. The Hall–Kier alpha value is -2.58. The van der Waals surface area contributed by atoms with Gasteiger partial charge in [-0.15, -0.1) is 0 Å². The third-order valence-corrected chi connectivity index (χ3v) is 2.94. The maximum Gasteiger partial charge on any atom is 0.337 e. The number of fused-ring (bicyclic) bond motifs is 1. The van der Waals surface area contributed by atoms with E-state index >= 15 is 0 Å². The molecule has 0 aliphatic carbocycles. The molecule has 0 aliphatic heterocycles. The van der Waals surface area contributed by atoms with Crippen molar-refractivity contribution >= 4 is 17.0 Å². The molecule has 2 rings (SSSR count). The second-order valence-electron chi connectivity index (χ2n) is 4.30. The Morgan fingerprint density at radius 1 is 1.48 bits per heavy atom. The molecule has 0 radical (unpaired) electrons. The lowest BCUT2D eigenvalue weighted by molar-refractivity contribution is 0.0685. The van der Waals surface area contributed by atoms with Crippen molar-refractivity contribution in [1.82, 2.24) is 14.5 Å². The first-order chi connectivity index (χ1) is 9.88. The quantitative estimate of drug-likeness (QED) is 0.880. The predicted octanol–water partition coefficient (Wildman–Crippen LogP) is 1.13. The Morgan fingerprint density at radius 3 is 2.67 bits per heavy atom. The lowest BCUT2D eigenvalue weighted by Gasteiger charge is -2.12. The number of nitrogens with one attached hydrogen (secondary N) is 1. The van der Waals surface area contributed by atoms with E-state index in [1.165, 1.54) is 0 Å². The van der Waals surface area contributed by atoms with Crippen LogP contribution in [0.25, 0.3) is 11.0 Å². The highest BCUT2D eigenvalue weighted by atomic mass is 19.3. The summed E-state index contributed by atoms with van der Waals surface area (Å²) in [5, 5.41) is 8.37. The summed E-state index contributed by atoms with van der Waals surface area (Å²) in [5.41, 5.74) is -3.78. The highest BCUT2D eigenvalue weighted by Gasteiger charge is 2.25. The standard InChI is InChI=1S/C12H11F2N3O4/c1-2-3-17-9-7(10(18)16-12(17)21)6(8(13)14)5(4-15-9)11(19)20/h4,8H,2-3H2,1H3,(H,19,20)(H,16,18,21). The molecule has 0 atom stereocenters. The van der Waals surface area contributed by atoms with Crippen molar-refractivity contribution in [3.8, 4) is 0 Å². The molecular formula is C12H11F2N3O4. The number of carboxylic acid groups (broad SMARTS) is 1. The Labute approximate surface area is 115 Å². The molecule has 0 aliphatic rings. The molecule has 0 unspecified atom stereocenters. The molecule has 0 bridgehead atoms. The minimum atomic E-state index is -3.18. The van der Waals surface area contributed by atoms with Gasteiger partial charge in [-0.25, -0.2) is 23.4 Å². The number of aromatic nitrogens is 3. The molecule has 9 heteroatoms. The van der Waals surface area contributed by atoms with Crippen LogP contribution in [0.2, 0.25) is 0 Å². The lowest BCUT2D eigenvalue weighted by Crippen LogP contribution is -2.32. The maximum absolute atomic E-state index is 13.2. The molecule has 0 saturated carbocycles. The van der Waals surface area contributed by atoms with Crippen molar-refractivity contribution in [2.24, 2.45) is 0 Å². The fraction of sp³-hybridized carbons (Fsp3) is 0.333. The van der Waals surface area contributed by atoms with Crippen LogP contribution >= 0.6 is 0 Å². The smallest absolute Gasteiger partial charge is 0.337 e. The van der Waals surface area contributed by atoms with E-state index in [4.69, 9.17) is 5.11 Å². The van der Waals surface area contributed by atoms with Crippen molar-refractivity contribution in [1.29, 1.82) is 0 Å². The van der Waals surface area contributed by atoms with E-state index in [0.29, 0.717) is 6.42 Å². The van der Waals surface area contributed by atoms with Gasteiger partial charge in [-0.05, 0) is 6.42 Å². The first kappa shape index (κ1) is 14.8. The molecule has 0 aromatic carbocycles. The van der Waals surface area contributed by atoms with Crippen LogP contribution in [0.4, 0.5) is 8.78 Å². The summed E-state index contributed by atoms with van der Waals surface area (Å²) in [4.78, 5) is 40.2. The van der Waals surface area contributed by atoms with E-state index in [1.807, 2.05) is 4.98 Å². The Kier molecular flexibility index (Phi) is 3.83. The number of pyridine rings is 1. The summed E-state index contributed by atoms with van der Waals surface area (Å²) in [7, 11) is 0. The van der Waals surface area contributed by atoms with Crippen molar-refractivity contribution in [2.75, 3.05) is 0 Å². The minimum absolute atomic E-state index is 0.161. The molecule has 2 aromatic heterocycles. The molecule has 2 N–H and O–H groups in total. The van der Waals surface area contributed by atoms with E-state index in [-0.39, 0.29) is 12.2 Å². The molecule has 0 amide bonds. The first-order valence-electron chi connectivity index (χ1n) is 6.05. The number of alkyl halides is 2. The van der Waals surface area contributed by atoms with Gasteiger partial charge in [0, 0.05) is 12.7 Å². The molecule has 0 spiro atoms. The molecule has 7 nitrogen and oxygen atoms in total. The van der Waals surface area contributed by atoms with Crippen LogP contribution in [0.3, 0.4) is 0 Å². The number of carbonyl (C=O) groups is 1. The Bertz CT molecular complexity index is 826. The number of H-pyrrole nitrogens is 1. The van der Waals surface area contributed by atoms with Crippen LogP contribution in [0.5, 0.6) is 0 Å². The zero-order valence-corrected chi connectivity index (χ0v) is 10.9. The van der Waals surface area contributed by atoms with Crippen LogP contribution in [-0.2, 0) is 6.54 Å². The van der Waals surface area contributed by atoms with Crippen molar-refractivity contribution < 1.29 is 18.7 Å². The molecule has 0 fully saturated rings. The van der Waals surface area contributed by atoms with Gasteiger partial charge in [0.2, 0.25) is 0 Å². The third kappa shape index (κ3) is 2.41. The van der Waals surface area contributed by atoms with Crippen LogP contribution in [-0.4, -0.2) is 25.6 Å². The molecule has 2 heterocycles. The van der Waals surface area contributed by atoms with Gasteiger partial charge in [0.15, 0.2) is 0 Å². The summed E-state index contributed by atoms with van der Waals surface area (Å²) in [6, 6.07) is 0. The summed E-state index contributed by atoms with van der Waals surface area (Å²) in [5.74, 6) is -1.62. The first-order valence-corrected chi connectivity index (χ1v) is 6.05. The van der Waals surface area contributed by atoms with E-state index < -0.39 is 40.2 Å². The normalized spacial score (nSPS) is 11.2. The largest absolute Gasteiger partial charge is 0.478 e. The van der Waals surface area contributed by atoms with Crippen molar-refractivity contribution in [2.45, 2.75) is 26.3 Å². The van der Waals surface area contributed by atoms with Crippen LogP contribution < -0.4 is 11.2 Å². The SMILES string of the molecule is CCCn1c(=O)[nH]c(=O)c2c(C(F)F)c(C(=O)O)cnc21. The number of aromatic carboxylic acids is 1. The summed E-state index contributed by atoms with van der Waals surface area (Å²) in [6.07, 6.45) is -1.94. The van der Waals surface area contributed by atoms with E-state index in [1.54, 1.807) is 6.92 Å². The van der Waals surface area contributed by atoms with E-state index in [0.717, 1.165) is 10.8 Å². The average Bonchev–Trinajstić information content (AvgIpc) is 2.41. The molecule has 21 heavy (non-hydrogen) atoms. The van der Waals surface area contributed by atoms with E-state index in [9.17, 15) is 23.2 Å². The lowest BCUT2D eigenvalue weighted by atomic mass is 10.1. The van der Waals surface area contributed by atoms with E-state index in [2.05, 4.69) is 4.98 Å². The molecule has 0 saturated heterocycles. The van der Waals surface area contributed by atoms with Crippen LogP contribution in [0.1, 0.15) is 35.7 Å². The molecule has 2 aromatic rings. The van der Waals surface area contributed by atoms with Crippen molar-refractivity contribution in [3.05, 3.63) is 38.2 Å². The average molecular weight is 299 g/mol. The fourth-order valence-electron chi connectivity index (χ4n) is 2.09. The monoisotopic (exact) mass is 299 g/mol. The van der Waals surface area contributed by atoms with Crippen LogP contribution in [0.15, 0.2) is 15.8 Å². The zero-order valence-electron chi connectivity index (χ0n) is 10.9. The van der Waals surface area contributed by atoms with Gasteiger partial charge in [-0.2, -0.15) is 0 Å². The number of rotatable bonds is 4. The third-order valence-electron chi connectivity index (χ3n) is 2.94. The van der Waals surface area contributed by atoms with Gasteiger partial charge in [-0.1, -0.05) is 6.92 Å². The van der Waals surface area contributed by atoms with Crippen molar-refractivity contribution in [3.63, 3.8) is 0 Å². The predicted molar refractivity (Wildman–Crippen MR) is 68.8 cm³/mol. The van der Waals surface area contributed by atoms with Gasteiger partial charge < -0.3 is 5.11 Å². The summed E-state index contributed by atoms with van der Waals surface area (Å²) >= 11 is 0. The topological polar surface area (TPSA) is 105 Å². The number of aryl methyl sites for hydroxylation is 1. The van der Waals surface area contributed by atoms with Gasteiger partial charge >= 0.3 is 11.7 Å². The van der Waals surface area contributed by atoms with Crippen LogP contribution in [0, 0.1) is 0 Å². The number of halogens is 2. The second kappa shape index (κ2) is 5.43. The van der Waals surface area contributed by atoms with Gasteiger partial charge in [0.1, 0.15) is 5.65 Å². The summed E-state index contributed by atoms with van der Waals surface area (Å²) in [6.45, 7) is 1.91. The van der Waals surface area contributed by atoms with Gasteiger partial charge in [0.05, 0.1) is 16.5 Å². The maximum atomic E-state index is 13.2. The second-order valence-corrected chi connectivity index (χ2v) is 4.30. The Morgan fingerprint density at radius 2 is 2.14 bits per heavy atom.